The zero-order valence-corrected chi connectivity index (χ0v) is 18.3. The van der Waals surface area contributed by atoms with Gasteiger partial charge < -0.3 is 20.3 Å². The quantitative estimate of drug-likeness (QED) is 0.325. The van der Waals surface area contributed by atoms with E-state index >= 15 is 0 Å². The van der Waals surface area contributed by atoms with Gasteiger partial charge in [-0.05, 0) is 70.9 Å². The number of carbonyl (C=O) groups excluding carboxylic acids is 1. The molecule has 0 radical (unpaired) electrons. The third kappa shape index (κ3) is 9.22. The average Bonchev–Trinajstić information content (AvgIpc) is 2.70. The van der Waals surface area contributed by atoms with Gasteiger partial charge in [0.2, 0.25) is 0 Å². The number of nitrogens with zero attached hydrogens (tertiary/aromatic N) is 2. The van der Waals surface area contributed by atoms with Crippen LogP contribution < -0.4 is 10.6 Å². The van der Waals surface area contributed by atoms with Crippen molar-refractivity contribution in [3.63, 3.8) is 0 Å². The Morgan fingerprint density at radius 1 is 1.14 bits per heavy atom. The summed E-state index contributed by atoms with van der Waals surface area (Å²) in [6, 6.07) is 7.79. The van der Waals surface area contributed by atoms with Crippen LogP contribution in [-0.2, 0) is 11.3 Å². The van der Waals surface area contributed by atoms with E-state index in [4.69, 9.17) is 4.74 Å². The van der Waals surface area contributed by atoms with Crippen LogP contribution in [0.15, 0.2) is 29.3 Å². The molecule has 28 heavy (non-hydrogen) atoms. The molecule has 0 saturated heterocycles. The van der Waals surface area contributed by atoms with Gasteiger partial charge in [0.05, 0.1) is 18.7 Å². The summed E-state index contributed by atoms with van der Waals surface area (Å²) in [6.45, 7) is 15.6. The first-order chi connectivity index (χ1) is 13.5. The van der Waals surface area contributed by atoms with Crippen LogP contribution in [0.3, 0.4) is 0 Å². The molecule has 0 saturated carbocycles. The van der Waals surface area contributed by atoms with Crippen LogP contribution in [0.4, 0.5) is 0 Å². The van der Waals surface area contributed by atoms with Gasteiger partial charge in [0, 0.05) is 12.6 Å². The second kappa shape index (κ2) is 14.0. The molecular formula is C22H38N4O2. The summed E-state index contributed by atoms with van der Waals surface area (Å²) in [5.41, 5.74) is 1.63. The summed E-state index contributed by atoms with van der Waals surface area (Å²) in [5, 5.41) is 6.80. The number of nitrogens with one attached hydrogen (secondary N) is 2. The smallest absolute Gasteiger partial charge is 0.338 e. The average molecular weight is 391 g/mol. The predicted octanol–water partition coefficient (Wildman–Crippen LogP) is 3.43. The standard InChI is InChI=1S/C22H38N4O2/c1-6-23-22(25-18(5)11-10-16-26(7-2)8-3)24-17-19-12-14-20(15-13-19)21(27)28-9-4/h12-15,18H,6-11,16-17H2,1-5H3,(H2,23,24,25). The molecule has 1 aromatic carbocycles. The highest BCUT2D eigenvalue weighted by molar-refractivity contribution is 5.89. The summed E-state index contributed by atoms with van der Waals surface area (Å²) < 4.78 is 5.01. The number of esters is 1. The Hall–Kier alpha value is -2.08. The van der Waals surface area contributed by atoms with Crippen LogP contribution in [0.5, 0.6) is 0 Å². The molecule has 1 rings (SSSR count). The zero-order chi connectivity index (χ0) is 20.8. The van der Waals surface area contributed by atoms with E-state index in [-0.39, 0.29) is 5.97 Å². The number of hydrogen-bond acceptors (Lipinski definition) is 4. The maximum absolute atomic E-state index is 11.7. The Morgan fingerprint density at radius 3 is 2.39 bits per heavy atom. The number of aliphatic imine (C=N–C) groups is 1. The highest BCUT2D eigenvalue weighted by Crippen LogP contribution is 2.07. The molecule has 0 fully saturated rings. The molecule has 0 spiro atoms. The van der Waals surface area contributed by atoms with Gasteiger partial charge in [-0.3, -0.25) is 0 Å². The van der Waals surface area contributed by atoms with Gasteiger partial charge in [-0.1, -0.05) is 26.0 Å². The molecule has 1 aromatic rings. The van der Waals surface area contributed by atoms with E-state index in [1.165, 1.54) is 6.42 Å². The summed E-state index contributed by atoms with van der Waals surface area (Å²) in [6.07, 6.45) is 2.28. The van der Waals surface area contributed by atoms with E-state index in [1.807, 2.05) is 12.1 Å². The van der Waals surface area contributed by atoms with E-state index in [9.17, 15) is 4.79 Å². The molecule has 0 aromatic heterocycles. The van der Waals surface area contributed by atoms with Crippen molar-refractivity contribution in [2.45, 2.75) is 60.0 Å². The fourth-order valence-corrected chi connectivity index (χ4v) is 2.92. The number of benzene rings is 1. The summed E-state index contributed by atoms with van der Waals surface area (Å²) in [4.78, 5) is 18.9. The van der Waals surface area contributed by atoms with Crippen molar-refractivity contribution in [1.82, 2.24) is 15.5 Å². The fraction of sp³-hybridized carbons (Fsp3) is 0.636. The topological polar surface area (TPSA) is 66.0 Å². The molecule has 6 heteroatoms. The molecule has 0 aliphatic rings. The second-order valence-corrected chi connectivity index (χ2v) is 6.83. The maximum atomic E-state index is 11.7. The van der Waals surface area contributed by atoms with Gasteiger partial charge in [0.15, 0.2) is 5.96 Å². The monoisotopic (exact) mass is 390 g/mol. The molecule has 6 nitrogen and oxygen atoms in total. The first kappa shape index (κ1) is 24.0. The van der Waals surface area contributed by atoms with Crippen LogP contribution in [0.2, 0.25) is 0 Å². The third-order valence-electron chi connectivity index (χ3n) is 4.62. The van der Waals surface area contributed by atoms with Crippen LogP contribution in [0.1, 0.15) is 63.4 Å². The highest BCUT2D eigenvalue weighted by atomic mass is 16.5. The van der Waals surface area contributed by atoms with E-state index in [0.717, 1.165) is 44.1 Å². The van der Waals surface area contributed by atoms with Gasteiger partial charge in [-0.25, -0.2) is 9.79 Å². The summed E-state index contributed by atoms with van der Waals surface area (Å²) in [5.74, 6) is 0.540. The van der Waals surface area contributed by atoms with Crippen molar-refractivity contribution in [3.05, 3.63) is 35.4 Å². The number of hydrogen-bond donors (Lipinski definition) is 2. The van der Waals surface area contributed by atoms with Gasteiger partial charge in [-0.15, -0.1) is 0 Å². The number of ether oxygens (including phenoxy) is 1. The fourth-order valence-electron chi connectivity index (χ4n) is 2.92. The van der Waals surface area contributed by atoms with E-state index < -0.39 is 0 Å². The zero-order valence-electron chi connectivity index (χ0n) is 18.3. The van der Waals surface area contributed by atoms with Crippen LogP contribution >= 0.6 is 0 Å². The molecule has 0 aliphatic heterocycles. The first-order valence-corrected chi connectivity index (χ1v) is 10.6. The Bertz CT molecular complexity index is 583. The lowest BCUT2D eigenvalue weighted by molar-refractivity contribution is 0.0526. The molecule has 1 atom stereocenters. The lowest BCUT2D eigenvalue weighted by Gasteiger charge is -2.21. The minimum absolute atomic E-state index is 0.286. The maximum Gasteiger partial charge on any atom is 0.338 e. The molecule has 0 heterocycles. The van der Waals surface area contributed by atoms with Crippen molar-refractivity contribution in [2.24, 2.45) is 4.99 Å². The van der Waals surface area contributed by atoms with Crippen LogP contribution in [-0.4, -0.2) is 55.7 Å². The molecule has 2 N–H and O–H groups in total. The number of rotatable bonds is 12. The third-order valence-corrected chi connectivity index (χ3v) is 4.62. The van der Waals surface area contributed by atoms with Gasteiger partial charge in [-0.2, -0.15) is 0 Å². The van der Waals surface area contributed by atoms with Gasteiger partial charge in [0.25, 0.3) is 0 Å². The molecule has 1 unspecified atom stereocenters. The van der Waals surface area contributed by atoms with E-state index in [2.05, 4.69) is 48.2 Å². The number of guanidine groups is 1. The van der Waals surface area contributed by atoms with Crippen LogP contribution in [0, 0.1) is 0 Å². The first-order valence-electron chi connectivity index (χ1n) is 10.6. The Morgan fingerprint density at radius 2 is 1.82 bits per heavy atom. The van der Waals surface area contributed by atoms with Crippen molar-refractivity contribution in [2.75, 3.05) is 32.8 Å². The summed E-state index contributed by atoms with van der Waals surface area (Å²) in [7, 11) is 0. The SMILES string of the molecule is CCNC(=NCc1ccc(C(=O)OCC)cc1)NC(C)CCCN(CC)CC. The van der Waals surface area contributed by atoms with Crippen molar-refractivity contribution in [1.29, 1.82) is 0 Å². The predicted molar refractivity (Wildman–Crippen MR) is 117 cm³/mol. The molecule has 158 valence electrons. The lowest BCUT2D eigenvalue weighted by atomic mass is 10.1. The summed E-state index contributed by atoms with van der Waals surface area (Å²) >= 11 is 0. The Kier molecular flexibility index (Phi) is 12.0. The molecule has 0 aliphatic carbocycles. The number of carbonyl (C=O) groups is 1. The Labute approximate surface area is 170 Å². The van der Waals surface area contributed by atoms with Gasteiger partial charge >= 0.3 is 5.97 Å². The van der Waals surface area contributed by atoms with E-state index in [1.54, 1.807) is 19.1 Å². The molecule has 0 amide bonds. The molecule has 0 bridgehead atoms. The lowest BCUT2D eigenvalue weighted by Crippen LogP contribution is -2.42. The largest absolute Gasteiger partial charge is 0.462 e. The Balaban J connectivity index is 2.55. The van der Waals surface area contributed by atoms with E-state index in [0.29, 0.717) is 24.8 Å². The minimum atomic E-state index is -0.286. The molecular weight excluding hydrogens is 352 g/mol. The minimum Gasteiger partial charge on any atom is -0.462 e. The van der Waals surface area contributed by atoms with Crippen molar-refractivity contribution >= 4 is 11.9 Å². The normalized spacial score (nSPS) is 12.7. The van der Waals surface area contributed by atoms with Gasteiger partial charge in [0.1, 0.15) is 0 Å². The van der Waals surface area contributed by atoms with Crippen molar-refractivity contribution < 1.29 is 9.53 Å². The van der Waals surface area contributed by atoms with Crippen molar-refractivity contribution in [3.8, 4) is 0 Å². The highest BCUT2D eigenvalue weighted by Gasteiger charge is 2.08. The second-order valence-electron chi connectivity index (χ2n) is 6.83. The van der Waals surface area contributed by atoms with Crippen LogP contribution in [0.25, 0.3) is 0 Å².